The molecular weight excluding hydrogens is 251 g/mol. The Morgan fingerprint density at radius 2 is 2.06 bits per heavy atom. The molecule has 0 aliphatic carbocycles. The van der Waals surface area contributed by atoms with E-state index in [0.29, 0.717) is 6.54 Å². The lowest BCUT2D eigenvalue weighted by Crippen LogP contribution is -2.21. The Morgan fingerprint density at radius 3 is 2.50 bits per heavy atom. The van der Waals surface area contributed by atoms with E-state index in [1.165, 1.54) is 0 Å². The standard InChI is InChI=1S/C10H12F3N3O2/c1-3-16(2)5-6-4-7(8(17)18)15-9(14-6)10(11,12)13/h4H,3,5H2,1-2H3,(H,17,18). The zero-order valence-electron chi connectivity index (χ0n) is 9.82. The summed E-state index contributed by atoms with van der Waals surface area (Å²) in [5.74, 6) is -2.94. The average molecular weight is 263 g/mol. The van der Waals surface area contributed by atoms with Crippen molar-refractivity contribution in [2.75, 3.05) is 13.6 Å². The molecule has 18 heavy (non-hydrogen) atoms. The third-order valence-electron chi connectivity index (χ3n) is 2.22. The summed E-state index contributed by atoms with van der Waals surface area (Å²) in [6.07, 6.45) is -4.76. The molecule has 1 rings (SSSR count). The lowest BCUT2D eigenvalue weighted by molar-refractivity contribution is -0.145. The Kier molecular flexibility index (Phi) is 4.23. The highest BCUT2D eigenvalue weighted by Gasteiger charge is 2.36. The van der Waals surface area contributed by atoms with E-state index in [1.807, 2.05) is 6.92 Å². The van der Waals surface area contributed by atoms with Crippen LogP contribution in [-0.2, 0) is 12.7 Å². The second kappa shape index (κ2) is 5.30. The molecule has 100 valence electrons. The van der Waals surface area contributed by atoms with Crippen LogP contribution in [-0.4, -0.2) is 39.5 Å². The summed E-state index contributed by atoms with van der Waals surface area (Å²) in [6.45, 7) is 2.56. The summed E-state index contributed by atoms with van der Waals surface area (Å²) >= 11 is 0. The summed E-state index contributed by atoms with van der Waals surface area (Å²) in [4.78, 5) is 18.7. The molecule has 1 heterocycles. The maximum atomic E-state index is 12.5. The van der Waals surface area contributed by atoms with Crippen molar-refractivity contribution in [1.82, 2.24) is 14.9 Å². The largest absolute Gasteiger partial charge is 0.477 e. The first-order chi connectivity index (χ1) is 8.24. The number of aromatic carboxylic acids is 1. The molecule has 0 radical (unpaired) electrons. The first-order valence-electron chi connectivity index (χ1n) is 5.11. The van der Waals surface area contributed by atoms with Crippen LogP contribution in [0.25, 0.3) is 0 Å². The van der Waals surface area contributed by atoms with Gasteiger partial charge in [0.05, 0.1) is 5.69 Å². The first-order valence-corrected chi connectivity index (χ1v) is 5.11. The van der Waals surface area contributed by atoms with Crippen LogP contribution in [0.2, 0.25) is 0 Å². The first kappa shape index (κ1) is 14.4. The number of nitrogens with zero attached hydrogens (tertiary/aromatic N) is 3. The summed E-state index contributed by atoms with van der Waals surface area (Å²) in [6, 6.07) is 1.05. The van der Waals surface area contributed by atoms with E-state index in [4.69, 9.17) is 5.11 Å². The average Bonchev–Trinajstić information content (AvgIpc) is 2.27. The fourth-order valence-corrected chi connectivity index (χ4v) is 1.20. The molecule has 0 amide bonds. The van der Waals surface area contributed by atoms with Gasteiger partial charge >= 0.3 is 12.1 Å². The predicted octanol–water partition coefficient (Wildman–Crippen LogP) is 1.65. The Bertz CT molecular complexity index is 448. The number of carbonyl (C=O) groups is 1. The molecule has 0 aliphatic heterocycles. The Labute approximate surface area is 101 Å². The number of halogens is 3. The summed E-state index contributed by atoms with van der Waals surface area (Å²) in [7, 11) is 1.69. The zero-order valence-corrected chi connectivity index (χ0v) is 9.82. The van der Waals surface area contributed by atoms with Crippen LogP contribution in [0.5, 0.6) is 0 Å². The van der Waals surface area contributed by atoms with Crippen molar-refractivity contribution in [1.29, 1.82) is 0 Å². The van der Waals surface area contributed by atoms with Gasteiger partial charge in [0.1, 0.15) is 0 Å². The van der Waals surface area contributed by atoms with Crippen LogP contribution < -0.4 is 0 Å². The molecule has 0 bridgehead atoms. The van der Waals surface area contributed by atoms with Gasteiger partial charge in [-0.25, -0.2) is 14.8 Å². The van der Waals surface area contributed by atoms with Gasteiger partial charge in [-0.2, -0.15) is 13.2 Å². The smallest absolute Gasteiger partial charge is 0.451 e. The highest BCUT2D eigenvalue weighted by molar-refractivity contribution is 5.85. The molecule has 1 aromatic heterocycles. The SMILES string of the molecule is CCN(C)Cc1cc(C(=O)O)nc(C(F)(F)F)n1. The number of carboxylic acids is 1. The zero-order chi connectivity index (χ0) is 13.9. The van der Waals surface area contributed by atoms with E-state index in [2.05, 4.69) is 9.97 Å². The molecule has 0 saturated heterocycles. The quantitative estimate of drug-likeness (QED) is 0.894. The molecule has 0 aromatic carbocycles. The van der Waals surface area contributed by atoms with Crippen LogP contribution in [0, 0.1) is 0 Å². The molecule has 0 fully saturated rings. The minimum atomic E-state index is -4.76. The van der Waals surface area contributed by atoms with Gasteiger partial charge in [-0.15, -0.1) is 0 Å². The number of hydrogen-bond acceptors (Lipinski definition) is 4. The van der Waals surface area contributed by atoms with Crippen molar-refractivity contribution < 1.29 is 23.1 Å². The summed E-state index contributed by atoms with van der Waals surface area (Å²) in [5.41, 5.74) is -0.629. The number of aromatic nitrogens is 2. The highest BCUT2D eigenvalue weighted by atomic mass is 19.4. The predicted molar refractivity (Wildman–Crippen MR) is 56.0 cm³/mol. The third kappa shape index (κ3) is 3.66. The van der Waals surface area contributed by atoms with Crippen molar-refractivity contribution in [3.63, 3.8) is 0 Å². The number of rotatable bonds is 4. The monoisotopic (exact) mass is 263 g/mol. The lowest BCUT2D eigenvalue weighted by Gasteiger charge is -2.14. The third-order valence-corrected chi connectivity index (χ3v) is 2.22. The van der Waals surface area contributed by atoms with E-state index in [1.54, 1.807) is 11.9 Å². The van der Waals surface area contributed by atoms with Gasteiger partial charge in [0.2, 0.25) is 5.82 Å². The van der Waals surface area contributed by atoms with Crippen LogP contribution in [0.4, 0.5) is 13.2 Å². The van der Waals surface area contributed by atoms with Gasteiger partial charge in [-0.05, 0) is 19.7 Å². The molecule has 0 atom stereocenters. The maximum absolute atomic E-state index is 12.5. The van der Waals surface area contributed by atoms with Gasteiger partial charge in [-0.3, -0.25) is 0 Å². The van der Waals surface area contributed by atoms with Crippen molar-refractivity contribution >= 4 is 5.97 Å². The number of hydrogen-bond donors (Lipinski definition) is 1. The lowest BCUT2D eigenvalue weighted by atomic mass is 10.3. The fourth-order valence-electron chi connectivity index (χ4n) is 1.20. The van der Waals surface area contributed by atoms with Crippen molar-refractivity contribution in [3.8, 4) is 0 Å². The minimum absolute atomic E-state index is 0.0269. The Balaban J connectivity index is 3.18. The molecule has 0 saturated carbocycles. The van der Waals surface area contributed by atoms with E-state index in [-0.39, 0.29) is 12.2 Å². The van der Waals surface area contributed by atoms with Crippen LogP contribution >= 0.6 is 0 Å². The van der Waals surface area contributed by atoms with E-state index in [0.717, 1.165) is 6.07 Å². The van der Waals surface area contributed by atoms with Crippen molar-refractivity contribution in [3.05, 3.63) is 23.3 Å². The molecule has 1 aromatic rings. The summed E-state index contributed by atoms with van der Waals surface area (Å²) < 4.78 is 37.5. The van der Waals surface area contributed by atoms with Crippen LogP contribution in [0.1, 0.15) is 28.9 Å². The molecule has 0 unspecified atom stereocenters. The van der Waals surface area contributed by atoms with Gasteiger partial charge in [0, 0.05) is 6.54 Å². The van der Waals surface area contributed by atoms with Gasteiger partial charge in [-0.1, -0.05) is 6.92 Å². The minimum Gasteiger partial charge on any atom is -0.477 e. The molecule has 1 N–H and O–H groups in total. The van der Waals surface area contributed by atoms with E-state index >= 15 is 0 Å². The molecule has 8 heteroatoms. The van der Waals surface area contributed by atoms with Crippen LogP contribution in [0.3, 0.4) is 0 Å². The van der Waals surface area contributed by atoms with Crippen molar-refractivity contribution in [2.24, 2.45) is 0 Å². The second-order valence-electron chi connectivity index (χ2n) is 3.70. The van der Waals surface area contributed by atoms with Gasteiger partial charge in [0.25, 0.3) is 0 Å². The van der Waals surface area contributed by atoms with E-state index in [9.17, 15) is 18.0 Å². The maximum Gasteiger partial charge on any atom is 0.451 e. The number of carboxylic acid groups (broad SMARTS) is 1. The normalized spacial score (nSPS) is 11.9. The second-order valence-corrected chi connectivity index (χ2v) is 3.70. The highest BCUT2D eigenvalue weighted by Crippen LogP contribution is 2.26. The Hall–Kier alpha value is -1.70. The summed E-state index contributed by atoms with van der Waals surface area (Å²) in [5, 5.41) is 8.72. The Morgan fingerprint density at radius 1 is 1.44 bits per heavy atom. The van der Waals surface area contributed by atoms with Gasteiger partial charge < -0.3 is 10.0 Å². The topological polar surface area (TPSA) is 66.3 Å². The van der Waals surface area contributed by atoms with Gasteiger partial charge in [0.15, 0.2) is 5.69 Å². The molecular formula is C10H12F3N3O2. The van der Waals surface area contributed by atoms with E-state index < -0.39 is 23.7 Å². The molecule has 0 spiro atoms. The fraction of sp³-hybridized carbons (Fsp3) is 0.500. The molecule has 0 aliphatic rings. The van der Waals surface area contributed by atoms with Crippen molar-refractivity contribution in [2.45, 2.75) is 19.6 Å². The van der Waals surface area contributed by atoms with Crippen LogP contribution in [0.15, 0.2) is 6.07 Å². The molecule has 5 nitrogen and oxygen atoms in total. The number of alkyl halides is 3.